The summed E-state index contributed by atoms with van der Waals surface area (Å²) < 4.78 is 0. The normalized spacial score (nSPS) is 16.1. The molecule has 0 bridgehead atoms. The lowest BCUT2D eigenvalue weighted by atomic mass is 9.47. The maximum Gasteiger partial charge on any atom is 0.112 e. The topological polar surface area (TPSA) is 0 Å². The third-order valence-electron chi connectivity index (χ3n) is 7.47. The molecule has 198 valence electrons. The molecule has 0 spiro atoms. The second kappa shape index (κ2) is 16.8. The monoisotopic (exact) mass is 526 g/mol. The molecule has 0 aliphatic rings. The highest BCUT2D eigenvalue weighted by Crippen LogP contribution is 2.47. The molecule has 1 unspecified atom stereocenters. The van der Waals surface area contributed by atoms with Crippen LogP contribution < -0.4 is 0 Å². The fourth-order valence-electron chi connectivity index (χ4n) is 5.49. The maximum atomic E-state index is 7.66. The van der Waals surface area contributed by atoms with Crippen LogP contribution in [-0.2, 0) is 5.31 Å². The fraction of sp³-hybridized carbons (Fsp3) is 0.371. The Kier molecular flexibility index (Phi) is 14.3. The molecule has 12 radical (unpaired) electrons. The molecular weight excluding hydrogens is 485 g/mol. The van der Waals surface area contributed by atoms with Gasteiger partial charge in [-0.15, -0.1) is 10.9 Å². The Morgan fingerprint density at radius 2 is 1.61 bits per heavy atom. The fourth-order valence-corrected chi connectivity index (χ4v) is 5.49. The minimum Gasteiger partial charge on any atom is -0.108 e. The zero-order chi connectivity index (χ0) is 30.6. The van der Waals surface area contributed by atoms with E-state index in [4.69, 9.17) is 47.1 Å². The minimum absolute atomic E-state index is 0.159. The predicted octanol–water partition coefficient (Wildman–Crippen LogP) is 8.19. The van der Waals surface area contributed by atoms with Crippen LogP contribution >= 0.6 is 0 Å². The first-order chi connectivity index (χ1) is 19.5. The first-order valence-corrected chi connectivity index (χ1v) is 14.7. The van der Waals surface area contributed by atoms with Crippen molar-refractivity contribution in [1.82, 2.24) is 0 Å². The Hall–Kier alpha value is -2.47. The van der Waals surface area contributed by atoms with E-state index in [1.165, 1.54) is 0 Å². The molecule has 0 fully saturated rings. The van der Waals surface area contributed by atoms with Gasteiger partial charge in [0.2, 0.25) is 0 Å². The SMILES string of the molecule is [B]CCC[C@@]([B])(/C(=C([B])\C([B])=C/C)C([B])C[C@H]([B])C)c1c(C)cccccc(/C(C)=C/C=C\CC)c2ccccc12. The molecule has 2 aromatic rings. The summed E-state index contributed by atoms with van der Waals surface area (Å²) in [5.74, 6) is -0.674. The van der Waals surface area contributed by atoms with Gasteiger partial charge in [-0.1, -0.05) is 129 Å². The average Bonchev–Trinajstić information content (AvgIpc) is 2.93. The number of aryl methyl sites for hydroxylation is 1. The van der Waals surface area contributed by atoms with Gasteiger partial charge in [-0.05, 0) is 72.0 Å². The van der Waals surface area contributed by atoms with Crippen molar-refractivity contribution < 1.29 is 0 Å². The highest BCUT2D eigenvalue weighted by atomic mass is 14.3. The summed E-state index contributed by atoms with van der Waals surface area (Å²) in [5, 5.41) is 1.00. The lowest BCUT2D eigenvalue weighted by Crippen LogP contribution is -2.34. The quantitative estimate of drug-likeness (QED) is 0.194. The summed E-state index contributed by atoms with van der Waals surface area (Å²) in [5.41, 5.74) is 5.72. The van der Waals surface area contributed by atoms with Gasteiger partial charge in [0.05, 0.1) is 31.4 Å². The van der Waals surface area contributed by atoms with Crippen molar-refractivity contribution in [2.75, 3.05) is 0 Å². The first-order valence-electron chi connectivity index (χ1n) is 14.7. The van der Waals surface area contributed by atoms with Crippen LogP contribution in [0.4, 0.5) is 0 Å². The molecular formula is C35H40B6. The first kappa shape index (κ1) is 34.7. The summed E-state index contributed by atoms with van der Waals surface area (Å²) in [6.45, 7) is 10.1. The molecule has 3 atom stereocenters. The minimum atomic E-state index is -1.08. The van der Waals surface area contributed by atoms with Crippen molar-refractivity contribution >= 4 is 63.4 Å². The number of benzene rings is 1. The van der Waals surface area contributed by atoms with Crippen molar-refractivity contribution in [3.05, 3.63) is 112 Å². The molecule has 6 heteroatoms. The van der Waals surface area contributed by atoms with Crippen LogP contribution in [0.25, 0.3) is 16.3 Å². The summed E-state index contributed by atoms with van der Waals surface area (Å²) in [6.07, 6.45) is 11.3. The molecule has 0 aliphatic carbocycles. The second-order valence-corrected chi connectivity index (χ2v) is 10.9. The smallest absolute Gasteiger partial charge is 0.108 e. The standard InChI is InChI=1S/C35H40B6/c1-6-8-10-16-24(3)27-18-12-9-11-17-25(4)32(29-20-14-13-19-28(27)29)35(41,21-15-22-36)33(31(39)23-26(5)37)34(40)30(38)7-2/h7-14,16-20,26,31H,6,15,21-23H2,1-5H3/b10-8-,11-9?,12-9?,17-11?,18-12?,24-16+,25-17?,27-18?,28-27?,30-7+,32-25?,32-29?,34-33+/t26-,31?,35+/m1/s1. The molecule has 2 aromatic carbocycles. The summed E-state index contributed by atoms with van der Waals surface area (Å²) in [4.78, 5) is 0. The highest BCUT2D eigenvalue weighted by molar-refractivity contribution is 6.38. The summed E-state index contributed by atoms with van der Waals surface area (Å²) in [6, 6.07) is 18.8. The highest BCUT2D eigenvalue weighted by Gasteiger charge is 2.36. The maximum absolute atomic E-state index is 7.66. The van der Waals surface area contributed by atoms with Crippen LogP contribution in [0.2, 0.25) is 18.0 Å². The van der Waals surface area contributed by atoms with Gasteiger partial charge in [0.15, 0.2) is 0 Å². The van der Waals surface area contributed by atoms with E-state index in [-0.39, 0.29) is 5.82 Å². The van der Waals surface area contributed by atoms with E-state index in [0.29, 0.717) is 42.1 Å². The lowest BCUT2D eigenvalue weighted by molar-refractivity contribution is 0.584. The van der Waals surface area contributed by atoms with Crippen LogP contribution in [0.1, 0.15) is 70.1 Å². The van der Waals surface area contributed by atoms with Gasteiger partial charge in [0, 0.05) is 0 Å². The molecule has 0 N–H and O–H groups in total. The zero-order valence-electron chi connectivity index (χ0n) is 25.7. The number of allylic oxidation sites excluding steroid dienone is 8. The van der Waals surface area contributed by atoms with Gasteiger partial charge in [-0.25, -0.2) is 0 Å². The Morgan fingerprint density at radius 1 is 0.976 bits per heavy atom. The average molecular weight is 526 g/mol. The van der Waals surface area contributed by atoms with E-state index in [1.807, 2.05) is 32.0 Å². The van der Waals surface area contributed by atoms with Gasteiger partial charge in [-0.2, -0.15) is 0 Å². The lowest BCUT2D eigenvalue weighted by Gasteiger charge is -2.42. The Labute approximate surface area is 258 Å². The van der Waals surface area contributed by atoms with Gasteiger partial charge in [0.1, 0.15) is 15.7 Å². The van der Waals surface area contributed by atoms with Gasteiger partial charge in [-0.3, -0.25) is 0 Å². The molecule has 0 aliphatic heterocycles. The molecule has 0 amide bonds. The van der Waals surface area contributed by atoms with E-state index in [9.17, 15) is 0 Å². The predicted molar refractivity (Wildman–Crippen MR) is 188 cm³/mol. The largest absolute Gasteiger partial charge is 0.112 e. The van der Waals surface area contributed by atoms with Crippen LogP contribution in [0.3, 0.4) is 0 Å². The van der Waals surface area contributed by atoms with Crippen LogP contribution in [0, 0.1) is 6.92 Å². The Bertz CT molecular complexity index is 1350. The number of rotatable bonds is 12. The molecule has 0 nitrogen and oxygen atoms in total. The Balaban J connectivity index is 3.26. The van der Waals surface area contributed by atoms with Gasteiger partial charge < -0.3 is 0 Å². The third-order valence-corrected chi connectivity index (χ3v) is 7.47. The molecule has 0 aromatic heterocycles. The van der Waals surface area contributed by atoms with Crippen molar-refractivity contribution in [2.45, 2.75) is 83.6 Å². The van der Waals surface area contributed by atoms with Crippen molar-refractivity contribution in [1.29, 1.82) is 0 Å². The third kappa shape index (κ3) is 9.01. The Morgan fingerprint density at radius 3 is 2.22 bits per heavy atom. The molecule has 2 rings (SSSR count). The van der Waals surface area contributed by atoms with E-state index >= 15 is 0 Å². The molecule has 0 heterocycles. The van der Waals surface area contributed by atoms with Crippen LogP contribution in [-0.4, -0.2) is 47.1 Å². The number of hydrogen-bond donors (Lipinski definition) is 0. The zero-order valence-corrected chi connectivity index (χ0v) is 25.7. The van der Waals surface area contributed by atoms with Gasteiger partial charge in [0.25, 0.3) is 0 Å². The van der Waals surface area contributed by atoms with E-state index < -0.39 is 11.1 Å². The number of hydrogen-bond acceptors (Lipinski definition) is 0. The van der Waals surface area contributed by atoms with Crippen LogP contribution in [0.5, 0.6) is 0 Å². The van der Waals surface area contributed by atoms with Gasteiger partial charge >= 0.3 is 0 Å². The van der Waals surface area contributed by atoms with E-state index in [0.717, 1.165) is 39.5 Å². The summed E-state index contributed by atoms with van der Waals surface area (Å²) in [7, 11) is 40.2. The van der Waals surface area contributed by atoms with Crippen LogP contribution in [0.15, 0.2) is 95.4 Å². The molecule has 0 saturated heterocycles. The van der Waals surface area contributed by atoms with Crippen molar-refractivity contribution in [3.63, 3.8) is 0 Å². The van der Waals surface area contributed by atoms with E-state index in [2.05, 4.69) is 75.4 Å². The second-order valence-electron chi connectivity index (χ2n) is 10.9. The summed E-state index contributed by atoms with van der Waals surface area (Å²) >= 11 is 0. The van der Waals surface area contributed by atoms with Crippen molar-refractivity contribution in [3.8, 4) is 0 Å². The molecule has 41 heavy (non-hydrogen) atoms. The number of fused-ring (bicyclic) bond motifs is 1. The van der Waals surface area contributed by atoms with Crippen molar-refractivity contribution in [2.24, 2.45) is 0 Å². The molecule has 0 saturated carbocycles. The van der Waals surface area contributed by atoms with E-state index in [1.54, 1.807) is 6.08 Å².